The van der Waals surface area contributed by atoms with Gasteiger partial charge in [-0.05, 0) is 6.42 Å². The second-order valence-electron chi connectivity index (χ2n) is 4.21. The van der Waals surface area contributed by atoms with E-state index < -0.39 is 5.97 Å². The average Bonchev–Trinajstić information content (AvgIpc) is 3.04. The molecule has 2 heterocycles. The van der Waals surface area contributed by atoms with Crippen molar-refractivity contribution in [2.24, 2.45) is 0 Å². The van der Waals surface area contributed by atoms with E-state index in [0.29, 0.717) is 23.8 Å². The molecule has 0 saturated heterocycles. The maximum absolute atomic E-state index is 11.6. The predicted octanol–water partition coefficient (Wildman–Crippen LogP) is 1.09. The van der Waals surface area contributed by atoms with Gasteiger partial charge in [-0.25, -0.2) is 14.5 Å². The molecule has 1 amide bonds. The zero-order chi connectivity index (χ0) is 15.4. The van der Waals surface area contributed by atoms with E-state index in [4.69, 9.17) is 0 Å². The second-order valence-corrected chi connectivity index (χ2v) is 5.07. The lowest BCUT2D eigenvalue weighted by Gasteiger charge is -2.03. The van der Waals surface area contributed by atoms with Crippen LogP contribution in [0, 0.1) is 0 Å². The van der Waals surface area contributed by atoms with E-state index in [2.05, 4.69) is 25.3 Å². The number of carbonyl (C=O) groups excluding carboxylic acids is 2. The summed E-state index contributed by atoms with van der Waals surface area (Å²) in [4.78, 5) is 26.8. The van der Waals surface area contributed by atoms with Crippen molar-refractivity contribution in [3.05, 3.63) is 22.5 Å². The first-order valence-corrected chi connectivity index (χ1v) is 7.15. The fourth-order valence-corrected chi connectivity index (χ4v) is 2.55. The smallest absolute Gasteiger partial charge is 0.360 e. The third kappa shape index (κ3) is 3.43. The van der Waals surface area contributed by atoms with Crippen LogP contribution < -0.4 is 5.32 Å². The van der Waals surface area contributed by atoms with Crippen LogP contribution in [0.1, 0.15) is 35.7 Å². The van der Waals surface area contributed by atoms with E-state index in [-0.39, 0.29) is 11.6 Å². The van der Waals surface area contributed by atoms with E-state index >= 15 is 0 Å². The van der Waals surface area contributed by atoms with Gasteiger partial charge in [-0.2, -0.15) is 0 Å². The number of rotatable bonds is 5. The summed E-state index contributed by atoms with van der Waals surface area (Å²) in [5, 5.41) is 12.8. The number of anilines is 1. The second kappa shape index (κ2) is 6.44. The summed E-state index contributed by atoms with van der Waals surface area (Å²) < 4.78 is 6.28. The van der Waals surface area contributed by atoms with E-state index in [0.717, 1.165) is 5.69 Å². The van der Waals surface area contributed by atoms with Crippen LogP contribution in [0.25, 0.3) is 0 Å². The van der Waals surface area contributed by atoms with Crippen LogP contribution in [0.15, 0.2) is 5.38 Å². The van der Waals surface area contributed by atoms with Crippen LogP contribution in [0.4, 0.5) is 5.13 Å². The van der Waals surface area contributed by atoms with Crippen LogP contribution in [-0.4, -0.2) is 39.0 Å². The normalized spacial score (nSPS) is 10.4. The third-order valence-electron chi connectivity index (χ3n) is 2.70. The highest BCUT2D eigenvalue weighted by Gasteiger charge is 2.19. The molecule has 0 atom stereocenters. The van der Waals surface area contributed by atoms with Crippen molar-refractivity contribution in [2.75, 3.05) is 12.4 Å². The zero-order valence-corrected chi connectivity index (χ0v) is 12.7. The lowest BCUT2D eigenvalue weighted by molar-refractivity contribution is -0.114. The maximum atomic E-state index is 11.6. The van der Waals surface area contributed by atoms with Crippen molar-refractivity contribution in [1.29, 1.82) is 0 Å². The van der Waals surface area contributed by atoms with Gasteiger partial charge >= 0.3 is 5.97 Å². The minimum Gasteiger partial charge on any atom is -0.464 e. The van der Waals surface area contributed by atoms with Gasteiger partial charge < -0.3 is 10.1 Å². The summed E-state index contributed by atoms with van der Waals surface area (Å²) in [6.07, 6.45) is 0.597. The van der Waals surface area contributed by atoms with Gasteiger partial charge in [0.05, 0.1) is 25.0 Å². The largest absolute Gasteiger partial charge is 0.464 e. The van der Waals surface area contributed by atoms with Gasteiger partial charge in [-0.15, -0.1) is 16.4 Å². The molecule has 1 N–H and O–H groups in total. The lowest BCUT2D eigenvalue weighted by Crippen LogP contribution is -2.10. The van der Waals surface area contributed by atoms with Crippen LogP contribution in [0.2, 0.25) is 0 Å². The SMILES string of the molecule is CCc1c(C(=O)OC)nnn1Cc1csc(NC(C)=O)n1. The number of esters is 1. The molecule has 8 nitrogen and oxygen atoms in total. The number of hydrogen-bond acceptors (Lipinski definition) is 7. The van der Waals surface area contributed by atoms with Crippen molar-refractivity contribution in [3.63, 3.8) is 0 Å². The molecule has 0 bridgehead atoms. The highest BCUT2D eigenvalue weighted by atomic mass is 32.1. The molecule has 0 unspecified atom stereocenters. The van der Waals surface area contributed by atoms with Crippen molar-refractivity contribution in [3.8, 4) is 0 Å². The monoisotopic (exact) mass is 309 g/mol. The Morgan fingerprint density at radius 2 is 2.24 bits per heavy atom. The van der Waals surface area contributed by atoms with E-state index in [1.54, 1.807) is 4.68 Å². The Morgan fingerprint density at radius 1 is 1.48 bits per heavy atom. The first kappa shape index (κ1) is 15.1. The van der Waals surface area contributed by atoms with Crippen molar-refractivity contribution >= 4 is 28.3 Å². The number of ether oxygens (including phenoxy) is 1. The average molecular weight is 309 g/mol. The molecule has 2 aromatic heterocycles. The first-order chi connectivity index (χ1) is 10.0. The Labute approximate surface area is 125 Å². The first-order valence-electron chi connectivity index (χ1n) is 6.27. The number of nitrogens with zero attached hydrogens (tertiary/aromatic N) is 4. The minimum absolute atomic E-state index is 0.168. The van der Waals surface area contributed by atoms with Crippen LogP contribution in [-0.2, 0) is 22.5 Å². The molecule has 9 heteroatoms. The molecule has 2 rings (SSSR count). The van der Waals surface area contributed by atoms with Crippen molar-refractivity contribution in [2.45, 2.75) is 26.8 Å². The molecule has 0 aliphatic heterocycles. The van der Waals surface area contributed by atoms with Gasteiger partial charge in [0.25, 0.3) is 0 Å². The van der Waals surface area contributed by atoms with Crippen LogP contribution in [0.3, 0.4) is 0 Å². The molecule has 0 spiro atoms. The van der Waals surface area contributed by atoms with E-state index in [1.807, 2.05) is 12.3 Å². The Kier molecular flexibility index (Phi) is 4.63. The molecule has 0 saturated carbocycles. The number of amides is 1. The number of carbonyl (C=O) groups is 2. The van der Waals surface area contributed by atoms with E-state index in [1.165, 1.54) is 25.4 Å². The fourth-order valence-electron chi connectivity index (χ4n) is 1.81. The number of thiazole rings is 1. The maximum Gasteiger partial charge on any atom is 0.360 e. The van der Waals surface area contributed by atoms with Gasteiger partial charge in [0, 0.05) is 12.3 Å². The Morgan fingerprint density at radius 3 is 2.86 bits per heavy atom. The van der Waals surface area contributed by atoms with Crippen molar-refractivity contribution in [1.82, 2.24) is 20.0 Å². The summed E-state index contributed by atoms with van der Waals surface area (Å²) >= 11 is 1.33. The summed E-state index contributed by atoms with van der Waals surface area (Å²) in [5.74, 6) is -0.672. The number of aromatic nitrogens is 4. The quantitative estimate of drug-likeness (QED) is 0.830. The van der Waals surface area contributed by atoms with Crippen molar-refractivity contribution < 1.29 is 14.3 Å². The molecule has 112 valence electrons. The summed E-state index contributed by atoms with van der Waals surface area (Å²) in [6.45, 7) is 3.71. The Hall–Kier alpha value is -2.29. The zero-order valence-electron chi connectivity index (χ0n) is 11.9. The number of methoxy groups -OCH3 is 1. The summed E-state index contributed by atoms with van der Waals surface area (Å²) in [6, 6.07) is 0. The highest BCUT2D eigenvalue weighted by Crippen LogP contribution is 2.17. The topological polar surface area (TPSA) is 99.0 Å². The van der Waals surface area contributed by atoms with Crippen LogP contribution >= 0.6 is 11.3 Å². The summed E-state index contributed by atoms with van der Waals surface area (Å²) in [5.41, 5.74) is 1.65. The molecule has 2 aromatic rings. The fraction of sp³-hybridized carbons (Fsp3) is 0.417. The van der Waals surface area contributed by atoms with Gasteiger partial charge in [-0.3, -0.25) is 4.79 Å². The molecule has 21 heavy (non-hydrogen) atoms. The standard InChI is InChI=1S/C12H15N5O3S/c1-4-9-10(11(19)20-3)15-16-17(9)5-8-6-21-12(14-8)13-7(2)18/h6H,4-5H2,1-3H3,(H,13,14,18). The third-order valence-corrected chi connectivity index (χ3v) is 3.50. The molecule has 0 aromatic carbocycles. The molecule has 0 radical (unpaired) electrons. The number of hydrogen-bond donors (Lipinski definition) is 1. The lowest BCUT2D eigenvalue weighted by atomic mass is 10.2. The molecule has 0 aliphatic rings. The molecule has 0 fully saturated rings. The van der Waals surface area contributed by atoms with E-state index in [9.17, 15) is 9.59 Å². The Bertz CT molecular complexity index is 664. The minimum atomic E-state index is -0.504. The van der Waals surface area contributed by atoms with Gasteiger partial charge in [-0.1, -0.05) is 12.1 Å². The number of nitrogens with one attached hydrogen (secondary N) is 1. The molecular weight excluding hydrogens is 294 g/mol. The van der Waals surface area contributed by atoms with Gasteiger partial charge in [0.1, 0.15) is 0 Å². The van der Waals surface area contributed by atoms with Crippen LogP contribution in [0.5, 0.6) is 0 Å². The molecule has 0 aliphatic carbocycles. The van der Waals surface area contributed by atoms with Gasteiger partial charge in [0.2, 0.25) is 5.91 Å². The Balaban J connectivity index is 2.19. The predicted molar refractivity (Wildman–Crippen MR) is 76.3 cm³/mol. The van der Waals surface area contributed by atoms with Gasteiger partial charge in [0.15, 0.2) is 10.8 Å². The summed E-state index contributed by atoms with van der Waals surface area (Å²) in [7, 11) is 1.31. The molecular formula is C12H15N5O3S. The highest BCUT2D eigenvalue weighted by molar-refractivity contribution is 7.13.